The van der Waals surface area contributed by atoms with Crippen molar-refractivity contribution in [3.05, 3.63) is 59.4 Å². The van der Waals surface area contributed by atoms with Crippen LogP contribution in [0.2, 0.25) is 0 Å². The van der Waals surface area contributed by atoms with Gasteiger partial charge in [-0.3, -0.25) is 5.41 Å². The number of hydrogen-bond acceptors (Lipinski definition) is 3. The van der Waals surface area contributed by atoms with Crippen LogP contribution in [0.4, 0.5) is 0 Å². The van der Waals surface area contributed by atoms with E-state index in [0.29, 0.717) is 12.4 Å². The molecule has 2 heterocycles. The second-order valence-electron chi connectivity index (χ2n) is 4.08. The van der Waals surface area contributed by atoms with E-state index in [1.165, 1.54) is 5.56 Å². The van der Waals surface area contributed by atoms with Gasteiger partial charge in [0, 0.05) is 18.3 Å². The van der Waals surface area contributed by atoms with Gasteiger partial charge in [0.1, 0.15) is 5.84 Å². The first-order valence-corrected chi connectivity index (χ1v) is 5.53. The fourth-order valence-electron chi connectivity index (χ4n) is 2.09. The van der Waals surface area contributed by atoms with E-state index in [4.69, 9.17) is 5.41 Å². The molecule has 0 radical (unpaired) electrons. The lowest BCUT2D eigenvalue weighted by atomic mass is 10.1. The standard InChI is InChI=1S/C13H12N4/c14-13-12-6-2-1-4-10(12)8-17(13)9-11-5-3-7-15-16-11/h1-7,14H,8-9H2. The van der Waals surface area contributed by atoms with Gasteiger partial charge < -0.3 is 4.90 Å². The monoisotopic (exact) mass is 224 g/mol. The number of amidine groups is 1. The Morgan fingerprint density at radius 2 is 2.06 bits per heavy atom. The second kappa shape index (κ2) is 3.97. The zero-order chi connectivity index (χ0) is 11.7. The van der Waals surface area contributed by atoms with Gasteiger partial charge in [-0.05, 0) is 17.7 Å². The zero-order valence-corrected chi connectivity index (χ0v) is 9.30. The largest absolute Gasteiger partial charge is 0.346 e. The van der Waals surface area contributed by atoms with E-state index in [-0.39, 0.29) is 0 Å². The molecule has 1 aliphatic heterocycles. The van der Waals surface area contributed by atoms with Crippen LogP contribution in [0.5, 0.6) is 0 Å². The first-order chi connectivity index (χ1) is 8.34. The highest BCUT2D eigenvalue weighted by Gasteiger charge is 2.23. The predicted molar refractivity (Wildman–Crippen MR) is 64.5 cm³/mol. The summed E-state index contributed by atoms with van der Waals surface area (Å²) in [6.45, 7) is 1.42. The van der Waals surface area contributed by atoms with Gasteiger partial charge in [-0.1, -0.05) is 24.3 Å². The van der Waals surface area contributed by atoms with E-state index < -0.39 is 0 Å². The fraction of sp³-hybridized carbons (Fsp3) is 0.154. The number of aromatic nitrogens is 2. The van der Waals surface area contributed by atoms with E-state index in [0.717, 1.165) is 17.8 Å². The fourth-order valence-corrected chi connectivity index (χ4v) is 2.09. The van der Waals surface area contributed by atoms with Crippen molar-refractivity contribution in [2.75, 3.05) is 0 Å². The lowest BCUT2D eigenvalue weighted by Gasteiger charge is -2.16. The maximum Gasteiger partial charge on any atom is 0.129 e. The molecule has 1 aromatic heterocycles. The minimum atomic E-state index is 0.575. The van der Waals surface area contributed by atoms with Crippen molar-refractivity contribution in [3.63, 3.8) is 0 Å². The van der Waals surface area contributed by atoms with Crippen molar-refractivity contribution in [1.82, 2.24) is 15.1 Å². The average molecular weight is 224 g/mol. The Morgan fingerprint density at radius 1 is 1.18 bits per heavy atom. The van der Waals surface area contributed by atoms with Crippen molar-refractivity contribution in [3.8, 4) is 0 Å². The van der Waals surface area contributed by atoms with Crippen LogP contribution in [0.15, 0.2) is 42.6 Å². The smallest absolute Gasteiger partial charge is 0.129 e. The van der Waals surface area contributed by atoms with Gasteiger partial charge in [-0.15, -0.1) is 0 Å². The molecule has 0 unspecified atom stereocenters. The molecule has 1 N–H and O–H groups in total. The summed E-state index contributed by atoms with van der Waals surface area (Å²) in [4.78, 5) is 2.01. The Morgan fingerprint density at radius 3 is 2.82 bits per heavy atom. The van der Waals surface area contributed by atoms with Crippen molar-refractivity contribution < 1.29 is 0 Å². The van der Waals surface area contributed by atoms with Crippen molar-refractivity contribution in [1.29, 1.82) is 5.41 Å². The Bertz CT molecular complexity index is 550. The molecule has 0 atom stereocenters. The minimum absolute atomic E-state index is 0.575. The third-order valence-electron chi connectivity index (χ3n) is 2.93. The van der Waals surface area contributed by atoms with E-state index in [1.807, 2.05) is 35.2 Å². The predicted octanol–water partition coefficient (Wildman–Crippen LogP) is 1.82. The van der Waals surface area contributed by atoms with E-state index in [1.54, 1.807) is 6.20 Å². The molecule has 0 saturated heterocycles. The summed E-state index contributed by atoms with van der Waals surface area (Å²) in [7, 11) is 0. The van der Waals surface area contributed by atoms with Crippen LogP contribution in [0.25, 0.3) is 0 Å². The molecule has 2 aromatic rings. The Balaban J connectivity index is 1.83. The Kier molecular flexibility index (Phi) is 2.33. The highest BCUT2D eigenvalue weighted by atomic mass is 15.2. The molecule has 0 saturated carbocycles. The summed E-state index contributed by atoms with van der Waals surface area (Å²) >= 11 is 0. The van der Waals surface area contributed by atoms with E-state index in [2.05, 4.69) is 16.3 Å². The molecule has 0 bridgehead atoms. The molecular formula is C13H12N4. The molecule has 1 aromatic carbocycles. The van der Waals surface area contributed by atoms with Crippen molar-refractivity contribution >= 4 is 5.84 Å². The van der Waals surface area contributed by atoms with Gasteiger partial charge in [0.2, 0.25) is 0 Å². The molecule has 4 nitrogen and oxygen atoms in total. The summed E-state index contributed by atoms with van der Waals surface area (Å²) in [6, 6.07) is 11.9. The topological polar surface area (TPSA) is 52.9 Å². The molecule has 17 heavy (non-hydrogen) atoms. The van der Waals surface area contributed by atoms with Crippen LogP contribution in [0.3, 0.4) is 0 Å². The van der Waals surface area contributed by atoms with Crippen LogP contribution in [0.1, 0.15) is 16.8 Å². The molecular weight excluding hydrogens is 212 g/mol. The SMILES string of the molecule is N=C1c2ccccc2CN1Cc1cccnn1. The molecule has 0 spiro atoms. The molecule has 4 heteroatoms. The third-order valence-corrected chi connectivity index (χ3v) is 2.93. The molecule has 0 aliphatic carbocycles. The number of nitrogens with one attached hydrogen (secondary N) is 1. The maximum absolute atomic E-state index is 8.11. The number of rotatable bonds is 2. The molecule has 0 fully saturated rings. The van der Waals surface area contributed by atoms with Gasteiger partial charge in [0.05, 0.1) is 12.2 Å². The summed E-state index contributed by atoms with van der Waals surface area (Å²) in [6.07, 6.45) is 1.66. The van der Waals surface area contributed by atoms with E-state index in [9.17, 15) is 0 Å². The number of fused-ring (bicyclic) bond motifs is 1. The maximum atomic E-state index is 8.11. The third kappa shape index (κ3) is 1.78. The van der Waals surface area contributed by atoms with Crippen LogP contribution >= 0.6 is 0 Å². The van der Waals surface area contributed by atoms with Gasteiger partial charge >= 0.3 is 0 Å². The lowest BCUT2D eigenvalue weighted by molar-refractivity contribution is 0.414. The van der Waals surface area contributed by atoms with Crippen molar-refractivity contribution in [2.45, 2.75) is 13.1 Å². The Hall–Kier alpha value is -2.23. The van der Waals surface area contributed by atoms with Crippen LogP contribution < -0.4 is 0 Å². The van der Waals surface area contributed by atoms with Crippen LogP contribution in [-0.2, 0) is 13.1 Å². The Labute approximate surface area is 99.4 Å². The van der Waals surface area contributed by atoms with Crippen LogP contribution in [-0.4, -0.2) is 20.9 Å². The first kappa shape index (κ1) is 9.96. The van der Waals surface area contributed by atoms with E-state index >= 15 is 0 Å². The second-order valence-corrected chi connectivity index (χ2v) is 4.08. The quantitative estimate of drug-likeness (QED) is 0.846. The highest BCUT2D eigenvalue weighted by molar-refractivity contribution is 6.00. The van der Waals surface area contributed by atoms with Crippen molar-refractivity contribution in [2.24, 2.45) is 0 Å². The minimum Gasteiger partial charge on any atom is -0.346 e. The summed E-state index contributed by atoms with van der Waals surface area (Å²) in [5, 5.41) is 16.0. The first-order valence-electron chi connectivity index (χ1n) is 5.53. The summed E-state index contributed by atoms with van der Waals surface area (Å²) < 4.78 is 0. The number of nitrogens with zero attached hydrogens (tertiary/aromatic N) is 3. The molecule has 84 valence electrons. The highest BCUT2D eigenvalue weighted by Crippen LogP contribution is 2.23. The molecule has 1 aliphatic rings. The molecule has 0 amide bonds. The normalized spacial score (nSPS) is 13.9. The summed E-state index contributed by atoms with van der Waals surface area (Å²) in [5.41, 5.74) is 3.13. The van der Waals surface area contributed by atoms with Gasteiger partial charge in [-0.25, -0.2) is 0 Å². The zero-order valence-electron chi connectivity index (χ0n) is 9.30. The van der Waals surface area contributed by atoms with Gasteiger partial charge in [-0.2, -0.15) is 10.2 Å². The van der Waals surface area contributed by atoms with Gasteiger partial charge in [0.15, 0.2) is 0 Å². The average Bonchev–Trinajstić information content (AvgIpc) is 2.68. The molecule has 3 rings (SSSR count). The number of hydrogen-bond donors (Lipinski definition) is 1. The van der Waals surface area contributed by atoms with Gasteiger partial charge in [0.25, 0.3) is 0 Å². The summed E-state index contributed by atoms with van der Waals surface area (Å²) in [5.74, 6) is 0.575. The number of benzene rings is 1. The van der Waals surface area contributed by atoms with Crippen LogP contribution in [0, 0.1) is 5.41 Å². The lowest BCUT2D eigenvalue weighted by Crippen LogP contribution is -2.23.